The maximum atomic E-state index is 11.6. The summed E-state index contributed by atoms with van der Waals surface area (Å²) in [5, 5.41) is 0.466. The number of amides is 1. The zero-order valence-corrected chi connectivity index (χ0v) is 10.2. The Morgan fingerprint density at radius 3 is 2.79 bits per heavy atom. The molecule has 2 rings (SSSR count). The fourth-order valence-electron chi connectivity index (χ4n) is 2.62. The van der Waals surface area contributed by atoms with Gasteiger partial charge in [0.2, 0.25) is 5.91 Å². The molecule has 14 heavy (non-hydrogen) atoms. The minimum Gasteiger partial charge on any atom is -0.340 e. The third-order valence-corrected chi connectivity index (χ3v) is 4.10. The van der Waals surface area contributed by atoms with Gasteiger partial charge in [-0.05, 0) is 26.3 Å². The van der Waals surface area contributed by atoms with Crippen LogP contribution in [-0.4, -0.2) is 53.3 Å². The zero-order chi connectivity index (χ0) is 10.1. The lowest BCUT2D eigenvalue weighted by atomic mass is 10.1. The molecule has 1 amide bonds. The summed E-state index contributed by atoms with van der Waals surface area (Å²) in [5.41, 5.74) is 0. The highest BCUT2D eigenvalue weighted by Gasteiger charge is 2.35. The molecule has 0 saturated carbocycles. The molecule has 2 atom stereocenters. The Labute approximate surface area is 93.6 Å². The Morgan fingerprint density at radius 2 is 2.07 bits per heavy atom. The van der Waals surface area contributed by atoms with Crippen molar-refractivity contribution in [3.8, 4) is 0 Å². The second-order valence-corrected chi connectivity index (χ2v) is 4.87. The summed E-state index contributed by atoms with van der Waals surface area (Å²) in [7, 11) is 2.20. The van der Waals surface area contributed by atoms with E-state index in [9.17, 15) is 4.79 Å². The van der Waals surface area contributed by atoms with Crippen molar-refractivity contribution >= 4 is 21.8 Å². The smallest absolute Gasteiger partial charge is 0.233 e. The number of rotatable bonds is 1. The van der Waals surface area contributed by atoms with Crippen molar-refractivity contribution in [1.82, 2.24) is 9.80 Å². The van der Waals surface area contributed by atoms with Gasteiger partial charge in [-0.1, -0.05) is 15.9 Å². The number of likely N-dealkylation sites (tertiary alicyclic amines) is 1. The van der Waals surface area contributed by atoms with Crippen LogP contribution >= 0.6 is 15.9 Å². The monoisotopic (exact) mass is 260 g/mol. The third-order valence-electron chi connectivity index (χ3n) is 3.62. The van der Waals surface area contributed by atoms with Crippen LogP contribution in [0.25, 0.3) is 0 Å². The molecule has 4 heteroatoms. The lowest BCUT2D eigenvalue weighted by molar-refractivity contribution is -0.128. The SMILES string of the molecule is CN1C2CCC1CN(C(=O)CBr)CC2. The summed E-state index contributed by atoms with van der Waals surface area (Å²) < 4.78 is 0. The minimum absolute atomic E-state index is 0.242. The molecule has 2 aliphatic rings. The number of halogens is 1. The van der Waals surface area contributed by atoms with Gasteiger partial charge in [0.1, 0.15) is 0 Å². The molecule has 3 nitrogen and oxygen atoms in total. The van der Waals surface area contributed by atoms with Crippen LogP contribution in [0.1, 0.15) is 19.3 Å². The predicted molar refractivity (Wildman–Crippen MR) is 59.6 cm³/mol. The summed E-state index contributed by atoms with van der Waals surface area (Å²) in [5.74, 6) is 0.242. The van der Waals surface area contributed by atoms with Crippen molar-refractivity contribution in [2.45, 2.75) is 31.3 Å². The number of hydrogen-bond donors (Lipinski definition) is 0. The molecule has 80 valence electrons. The summed E-state index contributed by atoms with van der Waals surface area (Å²) in [6.07, 6.45) is 3.72. The van der Waals surface area contributed by atoms with E-state index in [0.717, 1.165) is 19.5 Å². The van der Waals surface area contributed by atoms with E-state index in [-0.39, 0.29) is 5.91 Å². The average Bonchev–Trinajstić information content (AvgIpc) is 2.40. The molecule has 0 aromatic rings. The van der Waals surface area contributed by atoms with Gasteiger partial charge in [0, 0.05) is 25.2 Å². The first-order valence-electron chi connectivity index (χ1n) is 5.28. The Bertz CT molecular complexity index is 234. The van der Waals surface area contributed by atoms with Crippen LogP contribution in [0.3, 0.4) is 0 Å². The number of carbonyl (C=O) groups is 1. The van der Waals surface area contributed by atoms with Gasteiger partial charge in [0.25, 0.3) is 0 Å². The second-order valence-electron chi connectivity index (χ2n) is 4.31. The molecular formula is C10H17BrN2O. The fourth-order valence-corrected chi connectivity index (χ4v) is 2.97. The van der Waals surface area contributed by atoms with Crippen LogP contribution in [0.2, 0.25) is 0 Å². The van der Waals surface area contributed by atoms with Gasteiger partial charge < -0.3 is 4.90 Å². The summed E-state index contributed by atoms with van der Waals surface area (Å²) in [6, 6.07) is 1.32. The van der Waals surface area contributed by atoms with Crippen molar-refractivity contribution in [1.29, 1.82) is 0 Å². The molecule has 2 unspecified atom stereocenters. The molecule has 0 aromatic carbocycles. The second kappa shape index (κ2) is 4.19. The molecule has 2 saturated heterocycles. The van der Waals surface area contributed by atoms with Crippen LogP contribution < -0.4 is 0 Å². The van der Waals surface area contributed by atoms with E-state index in [2.05, 4.69) is 27.9 Å². The minimum atomic E-state index is 0.242. The van der Waals surface area contributed by atoms with Crippen molar-refractivity contribution in [2.75, 3.05) is 25.5 Å². The summed E-state index contributed by atoms with van der Waals surface area (Å²) in [4.78, 5) is 16.0. The van der Waals surface area contributed by atoms with Crippen LogP contribution in [0.15, 0.2) is 0 Å². The molecule has 0 spiro atoms. The lowest BCUT2D eigenvalue weighted by Crippen LogP contribution is -2.40. The Kier molecular flexibility index (Phi) is 3.12. The van der Waals surface area contributed by atoms with E-state index in [1.54, 1.807) is 0 Å². The molecule has 0 aromatic heterocycles. The van der Waals surface area contributed by atoms with Gasteiger partial charge in [-0.25, -0.2) is 0 Å². The number of carbonyl (C=O) groups excluding carboxylic acids is 1. The highest BCUT2D eigenvalue weighted by molar-refractivity contribution is 9.09. The van der Waals surface area contributed by atoms with Gasteiger partial charge in [-0.2, -0.15) is 0 Å². The number of nitrogens with zero attached hydrogens (tertiary/aromatic N) is 2. The highest BCUT2D eigenvalue weighted by Crippen LogP contribution is 2.28. The van der Waals surface area contributed by atoms with Gasteiger partial charge in [-0.15, -0.1) is 0 Å². The number of likely N-dealkylation sites (N-methyl/N-ethyl adjacent to an activating group) is 1. The molecule has 0 N–H and O–H groups in total. The first-order valence-corrected chi connectivity index (χ1v) is 6.40. The topological polar surface area (TPSA) is 23.6 Å². The molecule has 2 fully saturated rings. The van der Waals surface area contributed by atoms with Gasteiger partial charge in [-0.3, -0.25) is 9.69 Å². The van der Waals surface area contributed by atoms with Gasteiger partial charge in [0.15, 0.2) is 0 Å². The Hall–Kier alpha value is -0.0900. The average molecular weight is 261 g/mol. The van der Waals surface area contributed by atoms with Gasteiger partial charge >= 0.3 is 0 Å². The van der Waals surface area contributed by atoms with Crippen LogP contribution in [0.4, 0.5) is 0 Å². The lowest BCUT2D eigenvalue weighted by Gasteiger charge is -2.25. The molecule has 2 bridgehead atoms. The normalized spacial score (nSPS) is 33.1. The molecule has 0 radical (unpaired) electrons. The Balaban J connectivity index is 2.03. The quantitative estimate of drug-likeness (QED) is 0.659. The van der Waals surface area contributed by atoms with Crippen molar-refractivity contribution in [3.63, 3.8) is 0 Å². The number of fused-ring (bicyclic) bond motifs is 2. The highest BCUT2D eigenvalue weighted by atomic mass is 79.9. The number of alkyl halides is 1. The standard InChI is InChI=1S/C10H17BrN2O/c1-12-8-2-3-9(12)7-13(5-4-8)10(14)6-11/h8-9H,2-7H2,1H3. The predicted octanol–water partition coefficient (Wildman–Crippen LogP) is 1.08. The van der Waals surface area contributed by atoms with E-state index in [4.69, 9.17) is 0 Å². The fraction of sp³-hybridized carbons (Fsp3) is 0.900. The van der Waals surface area contributed by atoms with E-state index in [1.807, 2.05) is 4.90 Å². The molecular weight excluding hydrogens is 244 g/mol. The van der Waals surface area contributed by atoms with E-state index in [1.165, 1.54) is 12.8 Å². The van der Waals surface area contributed by atoms with Crippen LogP contribution in [0.5, 0.6) is 0 Å². The summed E-state index contributed by atoms with van der Waals surface area (Å²) >= 11 is 3.24. The van der Waals surface area contributed by atoms with E-state index < -0.39 is 0 Å². The third kappa shape index (κ3) is 1.82. The van der Waals surface area contributed by atoms with Crippen molar-refractivity contribution < 1.29 is 4.79 Å². The Morgan fingerprint density at radius 1 is 1.36 bits per heavy atom. The molecule has 2 aliphatic heterocycles. The summed E-state index contributed by atoms with van der Waals surface area (Å²) in [6.45, 7) is 1.87. The maximum Gasteiger partial charge on any atom is 0.233 e. The van der Waals surface area contributed by atoms with Gasteiger partial charge in [0.05, 0.1) is 5.33 Å². The van der Waals surface area contributed by atoms with Crippen LogP contribution in [-0.2, 0) is 4.79 Å². The van der Waals surface area contributed by atoms with E-state index in [0.29, 0.717) is 17.4 Å². The van der Waals surface area contributed by atoms with Crippen LogP contribution in [0, 0.1) is 0 Å². The first kappa shape index (κ1) is 10.4. The number of hydrogen-bond acceptors (Lipinski definition) is 2. The van der Waals surface area contributed by atoms with E-state index >= 15 is 0 Å². The van der Waals surface area contributed by atoms with Crippen molar-refractivity contribution in [2.24, 2.45) is 0 Å². The van der Waals surface area contributed by atoms with Crippen molar-refractivity contribution in [3.05, 3.63) is 0 Å². The maximum absolute atomic E-state index is 11.6. The molecule has 0 aliphatic carbocycles. The first-order chi connectivity index (χ1) is 6.72. The largest absolute Gasteiger partial charge is 0.340 e. The zero-order valence-electron chi connectivity index (χ0n) is 8.58. The molecule has 2 heterocycles.